The van der Waals surface area contributed by atoms with E-state index in [2.05, 4.69) is 16.7 Å². The topological polar surface area (TPSA) is 123 Å². The number of nitriles is 1. The van der Waals surface area contributed by atoms with Crippen LogP contribution in [0.3, 0.4) is 0 Å². The van der Waals surface area contributed by atoms with E-state index in [1.165, 1.54) is 12.1 Å². The Kier molecular flexibility index (Phi) is 12.4. The second kappa shape index (κ2) is 16.2. The lowest BCUT2D eigenvalue weighted by atomic mass is 9.97. The molecular formula is C33H37Cl2N5O4S. The summed E-state index contributed by atoms with van der Waals surface area (Å²) >= 11 is 12.6. The van der Waals surface area contributed by atoms with Gasteiger partial charge in [0, 0.05) is 24.7 Å². The van der Waals surface area contributed by atoms with Gasteiger partial charge >= 0.3 is 0 Å². The van der Waals surface area contributed by atoms with Crippen LogP contribution in [0.25, 0.3) is 0 Å². The van der Waals surface area contributed by atoms with E-state index in [0.29, 0.717) is 41.6 Å². The van der Waals surface area contributed by atoms with Crippen LogP contribution in [0.5, 0.6) is 0 Å². The van der Waals surface area contributed by atoms with Crippen molar-refractivity contribution in [2.45, 2.75) is 37.6 Å². The number of nitrogens with one attached hydrogen (secondary N) is 2. The minimum Gasteiger partial charge on any atom is -0.346 e. The maximum Gasteiger partial charge on any atom is 0.245 e. The van der Waals surface area contributed by atoms with E-state index in [4.69, 9.17) is 28.5 Å². The Morgan fingerprint density at radius 1 is 1.00 bits per heavy atom. The van der Waals surface area contributed by atoms with Gasteiger partial charge in [0.2, 0.25) is 21.8 Å². The van der Waals surface area contributed by atoms with Crippen molar-refractivity contribution >= 4 is 45.0 Å². The zero-order valence-electron chi connectivity index (χ0n) is 25.1. The number of halogens is 2. The highest BCUT2D eigenvalue weighted by molar-refractivity contribution is 7.89. The SMILES string of the molecule is Cc1c(Cl)ccc(S(=O)(=O)N(CCc2ccccc2)CC(=O)NCC(=O)N(Cc2ccc(C#N)cc2)CC2CCNCC2)c1Cl. The van der Waals surface area contributed by atoms with Crippen LogP contribution in [-0.2, 0) is 32.6 Å². The summed E-state index contributed by atoms with van der Waals surface area (Å²) in [5.41, 5.74) is 2.73. The van der Waals surface area contributed by atoms with Crippen molar-refractivity contribution in [2.24, 2.45) is 5.92 Å². The van der Waals surface area contributed by atoms with Crippen LogP contribution in [0.1, 0.15) is 35.1 Å². The molecule has 1 saturated heterocycles. The van der Waals surface area contributed by atoms with E-state index < -0.39 is 22.5 Å². The van der Waals surface area contributed by atoms with Crippen molar-refractivity contribution in [3.63, 3.8) is 0 Å². The van der Waals surface area contributed by atoms with Gasteiger partial charge in [-0.1, -0.05) is 65.7 Å². The Hall–Kier alpha value is -3.46. The summed E-state index contributed by atoms with van der Waals surface area (Å²) < 4.78 is 28.7. The fourth-order valence-electron chi connectivity index (χ4n) is 5.20. The molecule has 0 radical (unpaired) electrons. The summed E-state index contributed by atoms with van der Waals surface area (Å²) in [7, 11) is -4.20. The lowest BCUT2D eigenvalue weighted by molar-refractivity contribution is -0.134. The van der Waals surface area contributed by atoms with Crippen molar-refractivity contribution < 1.29 is 18.0 Å². The number of rotatable bonds is 13. The fourth-order valence-corrected chi connectivity index (χ4v) is 7.38. The van der Waals surface area contributed by atoms with Crippen LogP contribution in [0.15, 0.2) is 71.6 Å². The molecule has 2 N–H and O–H groups in total. The Morgan fingerprint density at radius 2 is 1.69 bits per heavy atom. The van der Waals surface area contributed by atoms with Gasteiger partial charge in [0.1, 0.15) is 4.90 Å². The zero-order valence-corrected chi connectivity index (χ0v) is 27.5. The first-order chi connectivity index (χ1) is 21.6. The third kappa shape index (κ3) is 9.52. The largest absolute Gasteiger partial charge is 0.346 e. The second-order valence-corrected chi connectivity index (χ2v) is 13.8. The van der Waals surface area contributed by atoms with Crippen LogP contribution < -0.4 is 10.6 Å². The first kappa shape index (κ1) is 34.4. The Bertz CT molecular complexity index is 1620. The van der Waals surface area contributed by atoms with Gasteiger partial charge in [-0.2, -0.15) is 9.57 Å². The molecule has 0 saturated carbocycles. The highest BCUT2D eigenvalue weighted by Gasteiger charge is 2.30. The van der Waals surface area contributed by atoms with Crippen molar-refractivity contribution in [1.29, 1.82) is 5.26 Å². The normalized spacial score (nSPS) is 13.8. The smallest absolute Gasteiger partial charge is 0.245 e. The monoisotopic (exact) mass is 669 g/mol. The number of carbonyl (C=O) groups is 2. The molecule has 238 valence electrons. The molecule has 0 bridgehead atoms. The van der Waals surface area contributed by atoms with E-state index in [9.17, 15) is 18.0 Å². The molecule has 1 fully saturated rings. The molecule has 0 aliphatic carbocycles. The van der Waals surface area contributed by atoms with Crippen LogP contribution in [0.2, 0.25) is 10.0 Å². The number of nitrogens with zero attached hydrogens (tertiary/aromatic N) is 3. The quantitative estimate of drug-likeness (QED) is 0.275. The first-order valence-corrected chi connectivity index (χ1v) is 17.0. The fraction of sp³-hybridized carbons (Fsp3) is 0.364. The summed E-state index contributed by atoms with van der Waals surface area (Å²) in [6.07, 6.45) is 2.24. The zero-order chi connectivity index (χ0) is 32.4. The predicted molar refractivity (Wildman–Crippen MR) is 175 cm³/mol. The van der Waals surface area contributed by atoms with E-state index in [-0.39, 0.29) is 28.9 Å². The molecule has 9 nitrogen and oxygen atoms in total. The second-order valence-electron chi connectivity index (χ2n) is 11.1. The molecule has 0 unspecified atom stereocenters. The average Bonchev–Trinajstić information content (AvgIpc) is 3.05. The number of amides is 2. The molecule has 12 heteroatoms. The number of benzene rings is 3. The predicted octanol–water partition coefficient (Wildman–Crippen LogP) is 4.55. The van der Waals surface area contributed by atoms with E-state index in [1.807, 2.05) is 42.5 Å². The molecule has 0 atom stereocenters. The molecular weight excluding hydrogens is 633 g/mol. The molecule has 1 aliphatic heterocycles. The third-order valence-electron chi connectivity index (χ3n) is 7.90. The van der Waals surface area contributed by atoms with Gasteiger partial charge in [0.05, 0.1) is 29.7 Å². The lowest BCUT2D eigenvalue weighted by Gasteiger charge is -2.30. The van der Waals surface area contributed by atoms with Crippen molar-refractivity contribution in [3.8, 4) is 6.07 Å². The molecule has 0 spiro atoms. The highest BCUT2D eigenvalue weighted by atomic mass is 35.5. The summed E-state index contributed by atoms with van der Waals surface area (Å²) in [6.45, 7) is 3.49. The van der Waals surface area contributed by atoms with Crippen molar-refractivity contribution in [1.82, 2.24) is 19.8 Å². The molecule has 1 aliphatic rings. The summed E-state index contributed by atoms with van der Waals surface area (Å²) in [5, 5.41) is 15.4. The molecule has 2 amide bonds. The minimum absolute atomic E-state index is 0.000783. The molecule has 3 aromatic carbocycles. The third-order valence-corrected chi connectivity index (χ3v) is 10.8. The highest BCUT2D eigenvalue weighted by Crippen LogP contribution is 2.32. The van der Waals surface area contributed by atoms with Crippen LogP contribution in [0.4, 0.5) is 0 Å². The van der Waals surface area contributed by atoms with Gasteiger partial charge in [-0.15, -0.1) is 0 Å². The van der Waals surface area contributed by atoms with Gasteiger partial charge in [-0.25, -0.2) is 8.42 Å². The van der Waals surface area contributed by atoms with Crippen LogP contribution in [-0.4, -0.2) is 68.7 Å². The Labute approximate surface area is 275 Å². The van der Waals surface area contributed by atoms with Crippen molar-refractivity contribution in [3.05, 3.63) is 99.0 Å². The van der Waals surface area contributed by atoms with Crippen LogP contribution in [0, 0.1) is 24.2 Å². The van der Waals surface area contributed by atoms with Gasteiger partial charge in [-0.05, 0) is 86.1 Å². The van der Waals surface area contributed by atoms with Crippen molar-refractivity contribution in [2.75, 3.05) is 39.3 Å². The molecule has 3 aromatic rings. The molecule has 4 rings (SSSR count). The minimum atomic E-state index is -4.20. The van der Waals surface area contributed by atoms with Gasteiger partial charge < -0.3 is 15.5 Å². The summed E-state index contributed by atoms with van der Waals surface area (Å²) in [4.78, 5) is 28.3. The number of hydrogen-bond acceptors (Lipinski definition) is 6. The van der Waals surface area contributed by atoms with E-state index >= 15 is 0 Å². The maximum atomic E-state index is 13.8. The maximum absolute atomic E-state index is 13.8. The first-order valence-electron chi connectivity index (χ1n) is 14.8. The number of hydrogen-bond donors (Lipinski definition) is 2. The average molecular weight is 671 g/mol. The molecule has 0 aromatic heterocycles. The van der Waals surface area contributed by atoms with Gasteiger partial charge in [-0.3, -0.25) is 9.59 Å². The Balaban J connectivity index is 1.48. The van der Waals surface area contributed by atoms with Gasteiger partial charge in [0.25, 0.3) is 0 Å². The number of piperidine rings is 1. The van der Waals surface area contributed by atoms with E-state index in [1.54, 1.807) is 24.0 Å². The summed E-state index contributed by atoms with van der Waals surface area (Å²) in [5.74, 6) is -0.571. The summed E-state index contributed by atoms with van der Waals surface area (Å²) in [6, 6.07) is 21.3. The number of sulfonamides is 1. The Morgan fingerprint density at radius 3 is 2.36 bits per heavy atom. The number of carbonyl (C=O) groups excluding carboxylic acids is 2. The molecule has 1 heterocycles. The van der Waals surface area contributed by atoms with Gasteiger partial charge in [0.15, 0.2) is 0 Å². The van der Waals surface area contributed by atoms with E-state index in [0.717, 1.165) is 41.4 Å². The molecule has 45 heavy (non-hydrogen) atoms. The van der Waals surface area contributed by atoms with Crippen LogP contribution >= 0.6 is 23.2 Å². The lowest BCUT2D eigenvalue weighted by Crippen LogP contribution is -2.46. The standard InChI is InChI=1S/C33H37Cl2N5O4S/c1-24-29(34)11-12-30(33(24)35)45(43,44)40(18-15-25-5-3-2-4-6-25)23-31(41)38-20-32(42)39(22-28-13-16-37-17-14-28)21-27-9-7-26(19-36)8-10-27/h2-12,28,37H,13-18,20-23H2,1H3,(H,38,41).